The average molecular weight is 398 g/mol. The Bertz CT molecular complexity index is 1030. The Morgan fingerprint density at radius 2 is 1.61 bits per heavy atom. The lowest BCUT2D eigenvalue weighted by Gasteiger charge is -2.12. The third kappa shape index (κ3) is 3.76. The van der Waals surface area contributed by atoms with Gasteiger partial charge < -0.3 is 9.47 Å². The SMILES string of the molecule is C=CCOc1cc(F)c(-c2ccc3c(F)c(OC(F)F)c(F)cc3c2)c(F)c1. The van der Waals surface area contributed by atoms with Gasteiger partial charge in [0.1, 0.15) is 24.0 Å². The molecular formula is C20H12F6O2. The van der Waals surface area contributed by atoms with Crippen LogP contribution in [0.2, 0.25) is 0 Å². The van der Waals surface area contributed by atoms with Crippen LogP contribution in [0.1, 0.15) is 0 Å². The van der Waals surface area contributed by atoms with Gasteiger partial charge in [-0.3, -0.25) is 0 Å². The van der Waals surface area contributed by atoms with Gasteiger partial charge in [0.25, 0.3) is 0 Å². The van der Waals surface area contributed by atoms with Crippen LogP contribution in [-0.4, -0.2) is 13.2 Å². The molecule has 0 saturated carbocycles. The summed E-state index contributed by atoms with van der Waals surface area (Å²) in [5, 5.41) is -0.326. The predicted molar refractivity (Wildman–Crippen MR) is 91.5 cm³/mol. The van der Waals surface area contributed by atoms with Crippen LogP contribution in [0.15, 0.2) is 49.1 Å². The molecule has 0 N–H and O–H groups in total. The lowest BCUT2D eigenvalue weighted by atomic mass is 9.99. The average Bonchev–Trinajstić information content (AvgIpc) is 2.62. The molecule has 0 saturated heterocycles. The molecule has 0 amide bonds. The van der Waals surface area contributed by atoms with Crippen molar-refractivity contribution >= 4 is 10.8 Å². The summed E-state index contributed by atoms with van der Waals surface area (Å²) in [7, 11) is 0. The first-order valence-electron chi connectivity index (χ1n) is 7.91. The van der Waals surface area contributed by atoms with Crippen molar-refractivity contribution in [1.82, 2.24) is 0 Å². The van der Waals surface area contributed by atoms with Crippen LogP contribution in [0.3, 0.4) is 0 Å². The number of fused-ring (bicyclic) bond motifs is 1. The minimum Gasteiger partial charge on any atom is -0.489 e. The summed E-state index contributed by atoms with van der Waals surface area (Å²) in [5.74, 6) is -5.87. The van der Waals surface area contributed by atoms with E-state index in [-0.39, 0.29) is 28.7 Å². The lowest BCUT2D eigenvalue weighted by Crippen LogP contribution is -2.06. The number of hydrogen-bond donors (Lipinski definition) is 0. The summed E-state index contributed by atoms with van der Waals surface area (Å²) >= 11 is 0. The van der Waals surface area contributed by atoms with E-state index in [4.69, 9.17) is 4.74 Å². The Hall–Kier alpha value is -3.16. The Balaban J connectivity index is 2.09. The van der Waals surface area contributed by atoms with E-state index in [9.17, 15) is 26.3 Å². The molecule has 3 aromatic rings. The van der Waals surface area contributed by atoms with Gasteiger partial charge in [0.2, 0.25) is 0 Å². The highest BCUT2D eigenvalue weighted by atomic mass is 19.3. The Labute approximate surface area is 155 Å². The maximum absolute atomic E-state index is 14.4. The third-order valence-electron chi connectivity index (χ3n) is 3.87. The smallest absolute Gasteiger partial charge is 0.387 e. The van der Waals surface area contributed by atoms with Gasteiger partial charge in [-0.2, -0.15) is 8.78 Å². The summed E-state index contributed by atoms with van der Waals surface area (Å²) in [5.41, 5.74) is -0.430. The van der Waals surface area contributed by atoms with Crippen molar-refractivity contribution < 1.29 is 35.8 Å². The van der Waals surface area contributed by atoms with Gasteiger partial charge in [-0.1, -0.05) is 24.8 Å². The molecule has 0 fully saturated rings. The van der Waals surface area contributed by atoms with E-state index in [1.807, 2.05) is 0 Å². The number of hydrogen-bond acceptors (Lipinski definition) is 2. The molecule has 0 atom stereocenters. The van der Waals surface area contributed by atoms with Gasteiger partial charge in [0.05, 0.1) is 5.56 Å². The fourth-order valence-electron chi connectivity index (χ4n) is 2.73. The van der Waals surface area contributed by atoms with E-state index in [1.165, 1.54) is 12.1 Å². The summed E-state index contributed by atoms with van der Waals surface area (Å²) in [6.45, 7) is 0.0665. The van der Waals surface area contributed by atoms with Crippen LogP contribution in [-0.2, 0) is 0 Å². The molecular weight excluding hydrogens is 386 g/mol. The molecule has 146 valence electrons. The largest absolute Gasteiger partial charge is 0.489 e. The van der Waals surface area contributed by atoms with Crippen LogP contribution in [0.25, 0.3) is 21.9 Å². The zero-order valence-electron chi connectivity index (χ0n) is 14.1. The molecule has 0 heterocycles. The second-order valence-electron chi connectivity index (χ2n) is 5.68. The van der Waals surface area contributed by atoms with Crippen molar-refractivity contribution in [3.8, 4) is 22.6 Å². The van der Waals surface area contributed by atoms with Crippen LogP contribution in [0, 0.1) is 23.3 Å². The molecule has 0 aromatic heterocycles. The molecule has 28 heavy (non-hydrogen) atoms. The summed E-state index contributed by atoms with van der Waals surface area (Å²) in [4.78, 5) is 0. The molecule has 0 unspecified atom stereocenters. The van der Waals surface area contributed by atoms with Crippen molar-refractivity contribution in [3.63, 3.8) is 0 Å². The molecule has 3 rings (SSSR count). The van der Waals surface area contributed by atoms with Gasteiger partial charge in [-0.15, -0.1) is 0 Å². The molecule has 2 nitrogen and oxygen atoms in total. The van der Waals surface area contributed by atoms with Crippen LogP contribution in [0.5, 0.6) is 11.5 Å². The number of halogens is 6. The maximum atomic E-state index is 14.4. The van der Waals surface area contributed by atoms with E-state index in [2.05, 4.69) is 11.3 Å². The molecule has 8 heteroatoms. The van der Waals surface area contributed by atoms with E-state index in [0.29, 0.717) is 0 Å². The third-order valence-corrected chi connectivity index (χ3v) is 3.87. The van der Waals surface area contributed by atoms with E-state index in [1.54, 1.807) is 0 Å². The molecule has 0 aliphatic carbocycles. The first-order valence-corrected chi connectivity index (χ1v) is 7.91. The van der Waals surface area contributed by atoms with Gasteiger partial charge in [0.15, 0.2) is 17.4 Å². The normalized spacial score (nSPS) is 11.1. The zero-order chi connectivity index (χ0) is 20.4. The highest BCUT2D eigenvalue weighted by Crippen LogP contribution is 2.35. The quantitative estimate of drug-likeness (QED) is 0.362. The zero-order valence-corrected chi connectivity index (χ0v) is 14.1. The van der Waals surface area contributed by atoms with Crippen molar-refractivity contribution in [2.45, 2.75) is 6.61 Å². The van der Waals surface area contributed by atoms with E-state index < -0.39 is 41.2 Å². The number of alkyl halides is 2. The van der Waals surface area contributed by atoms with E-state index >= 15 is 0 Å². The van der Waals surface area contributed by atoms with Gasteiger partial charge in [-0.05, 0) is 23.1 Å². The van der Waals surface area contributed by atoms with Crippen molar-refractivity contribution in [1.29, 1.82) is 0 Å². The second kappa shape index (κ2) is 7.84. The highest BCUT2D eigenvalue weighted by molar-refractivity contribution is 5.89. The molecule has 0 radical (unpaired) electrons. The van der Waals surface area contributed by atoms with Crippen molar-refractivity contribution in [2.75, 3.05) is 6.61 Å². The Morgan fingerprint density at radius 3 is 2.21 bits per heavy atom. The van der Waals surface area contributed by atoms with Crippen molar-refractivity contribution in [2.24, 2.45) is 0 Å². The molecule has 0 aliphatic heterocycles. The second-order valence-corrected chi connectivity index (χ2v) is 5.68. The minimum absolute atomic E-state index is 0.000835. The first kappa shape index (κ1) is 19.6. The van der Waals surface area contributed by atoms with Gasteiger partial charge in [-0.25, -0.2) is 17.6 Å². The highest BCUT2D eigenvalue weighted by Gasteiger charge is 2.20. The molecule has 3 aromatic carbocycles. The number of ether oxygens (including phenoxy) is 2. The Kier molecular flexibility index (Phi) is 5.48. The summed E-state index contributed by atoms with van der Waals surface area (Å²) < 4.78 is 90.6. The van der Waals surface area contributed by atoms with Gasteiger partial charge >= 0.3 is 6.61 Å². The first-order chi connectivity index (χ1) is 13.3. The Morgan fingerprint density at radius 1 is 0.929 bits per heavy atom. The topological polar surface area (TPSA) is 18.5 Å². The van der Waals surface area contributed by atoms with Crippen LogP contribution < -0.4 is 9.47 Å². The van der Waals surface area contributed by atoms with Crippen molar-refractivity contribution in [3.05, 3.63) is 72.3 Å². The predicted octanol–water partition coefficient (Wildman–Crippen LogP) is 6.23. The number of rotatable bonds is 6. The molecule has 0 bridgehead atoms. The minimum atomic E-state index is -3.41. The maximum Gasteiger partial charge on any atom is 0.387 e. The van der Waals surface area contributed by atoms with E-state index in [0.717, 1.165) is 30.3 Å². The number of benzene rings is 3. The fourth-order valence-corrected chi connectivity index (χ4v) is 2.73. The fraction of sp³-hybridized carbons (Fsp3) is 0.100. The lowest BCUT2D eigenvalue weighted by molar-refractivity contribution is -0.0544. The summed E-state index contributed by atoms with van der Waals surface area (Å²) in [6.07, 6.45) is 1.40. The molecule has 0 spiro atoms. The van der Waals surface area contributed by atoms with Crippen LogP contribution in [0.4, 0.5) is 26.3 Å². The molecule has 0 aliphatic rings. The monoisotopic (exact) mass is 398 g/mol. The summed E-state index contributed by atoms with van der Waals surface area (Å²) in [6, 6.07) is 6.09. The van der Waals surface area contributed by atoms with Gasteiger partial charge in [0, 0.05) is 17.5 Å². The standard InChI is InChI=1S/C20H12F6O2/c1-2-5-27-12-8-14(21)17(15(22)9-12)10-3-4-13-11(6-10)7-16(23)19(18(13)24)28-20(25)26/h2-4,6-9,20H,1,5H2. The van der Waals surface area contributed by atoms with Crippen LogP contribution >= 0.6 is 0 Å².